The van der Waals surface area contributed by atoms with Crippen molar-refractivity contribution in [1.82, 2.24) is 15.2 Å². The molecule has 0 aliphatic carbocycles. The van der Waals surface area contributed by atoms with Gasteiger partial charge in [-0.3, -0.25) is 9.69 Å². The number of carbonyl (C=O) groups is 1. The zero-order valence-corrected chi connectivity index (χ0v) is 18.2. The van der Waals surface area contributed by atoms with E-state index in [0.29, 0.717) is 32.0 Å². The molecule has 8 heteroatoms. The Balaban J connectivity index is 1.52. The first-order chi connectivity index (χ1) is 14.6. The first-order valence-corrected chi connectivity index (χ1v) is 10.5. The maximum Gasteiger partial charge on any atom is 0.417 e. The summed E-state index contributed by atoms with van der Waals surface area (Å²) in [5.41, 5.74) is 2.75. The van der Waals surface area contributed by atoms with E-state index in [1.54, 1.807) is 0 Å². The monoisotopic (exact) mass is 434 g/mol. The van der Waals surface area contributed by atoms with Crippen LogP contribution >= 0.6 is 0 Å². The number of aryl methyl sites for hydroxylation is 2. The van der Waals surface area contributed by atoms with Gasteiger partial charge in [-0.1, -0.05) is 18.2 Å². The Kier molecular flexibility index (Phi) is 7.20. The number of amides is 1. The lowest BCUT2D eigenvalue weighted by Crippen LogP contribution is -2.40. The minimum absolute atomic E-state index is 0.0353. The van der Waals surface area contributed by atoms with Crippen LogP contribution in [0.25, 0.3) is 0 Å². The van der Waals surface area contributed by atoms with E-state index in [1.807, 2.05) is 17.9 Å². The van der Waals surface area contributed by atoms with E-state index in [1.165, 1.54) is 17.2 Å². The third-order valence-corrected chi connectivity index (χ3v) is 5.76. The summed E-state index contributed by atoms with van der Waals surface area (Å²) in [6.07, 6.45) is -2.70. The standard InChI is InChI=1S/C23H29F3N4O/c1-16-5-6-19(13-17(16)2)18(3)28-22(31)15-29-9-4-10-30(12-11-29)21-8-7-20(14-27-21)23(24,25)26/h5-8,13-14,18H,4,9-12,15H2,1-3H3,(H,28,31). The predicted molar refractivity (Wildman–Crippen MR) is 115 cm³/mol. The molecule has 0 radical (unpaired) electrons. The molecule has 2 heterocycles. The number of nitrogens with one attached hydrogen (secondary N) is 1. The van der Waals surface area contributed by atoms with Crippen molar-refractivity contribution < 1.29 is 18.0 Å². The molecule has 0 bridgehead atoms. The number of hydrogen-bond donors (Lipinski definition) is 1. The number of nitrogens with zero attached hydrogens (tertiary/aromatic N) is 3. The zero-order chi connectivity index (χ0) is 22.6. The van der Waals surface area contributed by atoms with Crippen molar-refractivity contribution in [1.29, 1.82) is 0 Å². The van der Waals surface area contributed by atoms with Crippen LogP contribution in [0.2, 0.25) is 0 Å². The van der Waals surface area contributed by atoms with E-state index < -0.39 is 11.7 Å². The van der Waals surface area contributed by atoms with Crippen LogP contribution in [-0.2, 0) is 11.0 Å². The highest BCUT2D eigenvalue weighted by atomic mass is 19.4. The highest BCUT2D eigenvalue weighted by Gasteiger charge is 2.31. The third-order valence-electron chi connectivity index (χ3n) is 5.76. The smallest absolute Gasteiger partial charge is 0.355 e. The normalized spacial score (nSPS) is 16.6. The Bertz CT molecular complexity index is 899. The van der Waals surface area contributed by atoms with Gasteiger partial charge in [0.25, 0.3) is 0 Å². The molecular formula is C23H29F3N4O. The van der Waals surface area contributed by atoms with Crippen molar-refractivity contribution in [3.05, 3.63) is 58.8 Å². The molecule has 1 aromatic carbocycles. The molecular weight excluding hydrogens is 405 g/mol. The molecule has 0 spiro atoms. The van der Waals surface area contributed by atoms with Crippen LogP contribution in [-0.4, -0.2) is 48.5 Å². The van der Waals surface area contributed by atoms with E-state index in [-0.39, 0.29) is 11.9 Å². The molecule has 1 fully saturated rings. The van der Waals surface area contributed by atoms with Gasteiger partial charge in [-0.25, -0.2) is 4.98 Å². The van der Waals surface area contributed by atoms with Gasteiger partial charge < -0.3 is 10.2 Å². The van der Waals surface area contributed by atoms with Gasteiger partial charge in [0.15, 0.2) is 0 Å². The van der Waals surface area contributed by atoms with E-state index in [9.17, 15) is 18.0 Å². The second-order valence-electron chi connectivity index (χ2n) is 8.15. The summed E-state index contributed by atoms with van der Waals surface area (Å²) in [6, 6.07) is 8.59. The first kappa shape index (κ1) is 23.1. The van der Waals surface area contributed by atoms with Crippen LogP contribution in [0, 0.1) is 13.8 Å². The van der Waals surface area contributed by atoms with Crippen LogP contribution in [0.1, 0.15) is 41.6 Å². The quantitative estimate of drug-likeness (QED) is 0.770. The summed E-state index contributed by atoms with van der Waals surface area (Å²) in [5.74, 6) is 0.495. The van der Waals surface area contributed by atoms with Crippen molar-refractivity contribution in [2.75, 3.05) is 37.6 Å². The number of halogens is 3. The Hall–Kier alpha value is -2.61. The second-order valence-corrected chi connectivity index (χ2v) is 8.15. The molecule has 3 rings (SSSR count). The number of hydrogen-bond acceptors (Lipinski definition) is 4. The van der Waals surface area contributed by atoms with Crippen LogP contribution in [0.4, 0.5) is 19.0 Å². The Morgan fingerprint density at radius 3 is 2.52 bits per heavy atom. The molecule has 1 unspecified atom stereocenters. The average Bonchev–Trinajstić information content (AvgIpc) is 2.95. The molecule has 1 saturated heterocycles. The molecule has 1 atom stereocenters. The SMILES string of the molecule is Cc1ccc(C(C)NC(=O)CN2CCCN(c3ccc(C(F)(F)F)cn3)CC2)cc1C. The molecule has 1 aliphatic rings. The molecule has 168 valence electrons. The van der Waals surface area contributed by atoms with Crippen LogP contribution in [0.3, 0.4) is 0 Å². The minimum atomic E-state index is -4.39. The summed E-state index contributed by atoms with van der Waals surface area (Å²) >= 11 is 0. The van der Waals surface area contributed by atoms with Gasteiger partial charge in [-0.05, 0) is 56.0 Å². The van der Waals surface area contributed by atoms with Crippen molar-refractivity contribution in [3.63, 3.8) is 0 Å². The number of carbonyl (C=O) groups excluding carboxylic acids is 1. The van der Waals surface area contributed by atoms with E-state index in [4.69, 9.17) is 0 Å². The number of aromatic nitrogens is 1. The van der Waals surface area contributed by atoms with Crippen molar-refractivity contribution in [2.24, 2.45) is 0 Å². The lowest BCUT2D eigenvalue weighted by Gasteiger charge is -2.23. The van der Waals surface area contributed by atoms with Crippen LogP contribution in [0.15, 0.2) is 36.5 Å². The fraction of sp³-hybridized carbons (Fsp3) is 0.478. The van der Waals surface area contributed by atoms with Gasteiger partial charge in [-0.15, -0.1) is 0 Å². The van der Waals surface area contributed by atoms with Crippen molar-refractivity contribution >= 4 is 11.7 Å². The predicted octanol–water partition coefficient (Wildman–Crippen LogP) is 4.11. The maximum absolute atomic E-state index is 12.7. The van der Waals surface area contributed by atoms with Gasteiger partial charge >= 0.3 is 6.18 Å². The van der Waals surface area contributed by atoms with Gasteiger partial charge in [0, 0.05) is 32.4 Å². The van der Waals surface area contributed by atoms with E-state index in [2.05, 4.69) is 41.2 Å². The summed E-state index contributed by atoms with van der Waals surface area (Å²) in [6.45, 7) is 9.09. The number of pyridine rings is 1. The van der Waals surface area contributed by atoms with Crippen LogP contribution in [0.5, 0.6) is 0 Å². The molecule has 5 nitrogen and oxygen atoms in total. The number of benzene rings is 1. The molecule has 1 N–H and O–H groups in total. The van der Waals surface area contributed by atoms with Gasteiger partial charge in [-0.2, -0.15) is 13.2 Å². The lowest BCUT2D eigenvalue weighted by molar-refractivity contribution is -0.137. The topological polar surface area (TPSA) is 48.5 Å². The Morgan fingerprint density at radius 2 is 1.87 bits per heavy atom. The minimum Gasteiger partial charge on any atom is -0.355 e. The van der Waals surface area contributed by atoms with Gasteiger partial charge in [0.1, 0.15) is 5.82 Å². The molecule has 1 aliphatic heterocycles. The fourth-order valence-corrected chi connectivity index (χ4v) is 3.71. The molecule has 1 aromatic heterocycles. The maximum atomic E-state index is 12.7. The second kappa shape index (κ2) is 9.68. The number of rotatable bonds is 5. The molecule has 2 aromatic rings. The van der Waals surface area contributed by atoms with Gasteiger partial charge in [0.2, 0.25) is 5.91 Å². The lowest BCUT2D eigenvalue weighted by atomic mass is 10.0. The largest absolute Gasteiger partial charge is 0.417 e. The summed E-state index contributed by atoms with van der Waals surface area (Å²) in [5, 5.41) is 3.06. The van der Waals surface area contributed by atoms with Crippen LogP contribution < -0.4 is 10.2 Å². The molecule has 31 heavy (non-hydrogen) atoms. The van der Waals surface area contributed by atoms with Crippen molar-refractivity contribution in [3.8, 4) is 0 Å². The zero-order valence-electron chi connectivity index (χ0n) is 18.2. The number of anilines is 1. The summed E-state index contributed by atoms with van der Waals surface area (Å²) in [4.78, 5) is 20.6. The summed E-state index contributed by atoms with van der Waals surface area (Å²) < 4.78 is 38.2. The first-order valence-electron chi connectivity index (χ1n) is 10.5. The van der Waals surface area contributed by atoms with E-state index in [0.717, 1.165) is 30.8 Å². The van der Waals surface area contributed by atoms with Gasteiger partial charge in [0.05, 0.1) is 18.2 Å². The Morgan fingerprint density at radius 1 is 1.10 bits per heavy atom. The molecule has 1 amide bonds. The average molecular weight is 435 g/mol. The summed E-state index contributed by atoms with van der Waals surface area (Å²) in [7, 11) is 0. The third kappa shape index (κ3) is 6.19. The number of alkyl halides is 3. The fourth-order valence-electron chi connectivity index (χ4n) is 3.71. The highest BCUT2D eigenvalue weighted by Crippen LogP contribution is 2.29. The Labute approximate surface area is 181 Å². The van der Waals surface area contributed by atoms with E-state index >= 15 is 0 Å². The molecule has 0 saturated carbocycles. The highest BCUT2D eigenvalue weighted by molar-refractivity contribution is 5.78. The van der Waals surface area contributed by atoms with Crippen molar-refractivity contribution in [2.45, 2.75) is 39.4 Å².